The van der Waals surface area contributed by atoms with E-state index in [0.717, 1.165) is 5.69 Å². The van der Waals surface area contributed by atoms with Gasteiger partial charge < -0.3 is 16.2 Å². The lowest BCUT2D eigenvalue weighted by Gasteiger charge is -2.26. The summed E-state index contributed by atoms with van der Waals surface area (Å²) in [6.45, 7) is 4.20. The van der Waals surface area contributed by atoms with Crippen LogP contribution in [0.25, 0.3) is 0 Å². The molecule has 0 unspecified atom stereocenters. The van der Waals surface area contributed by atoms with E-state index in [4.69, 9.17) is 10.8 Å². The van der Waals surface area contributed by atoms with Gasteiger partial charge in [0.1, 0.15) is 0 Å². The highest BCUT2D eigenvalue weighted by Crippen LogP contribution is 2.18. The van der Waals surface area contributed by atoms with Crippen molar-refractivity contribution in [3.8, 4) is 0 Å². The maximum atomic E-state index is 8.85. The molecule has 0 atom stereocenters. The van der Waals surface area contributed by atoms with Crippen molar-refractivity contribution < 1.29 is 5.11 Å². The number of aliphatic hydroxyl groups excluding tert-OH is 1. The van der Waals surface area contributed by atoms with Gasteiger partial charge in [0.2, 0.25) is 0 Å². The van der Waals surface area contributed by atoms with E-state index >= 15 is 0 Å². The maximum Gasteiger partial charge on any atom is 0.0551 e. The third-order valence-electron chi connectivity index (χ3n) is 1.98. The van der Waals surface area contributed by atoms with Gasteiger partial charge in [0.25, 0.3) is 0 Å². The van der Waals surface area contributed by atoms with E-state index in [2.05, 4.69) is 10.3 Å². The third kappa shape index (κ3) is 3.22. The first-order valence-corrected chi connectivity index (χ1v) is 4.63. The molecule has 0 aliphatic rings. The summed E-state index contributed by atoms with van der Waals surface area (Å²) in [6, 6.07) is 1.83. The quantitative estimate of drug-likeness (QED) is 0.676. The molecule has 1 heterocycles. The second-order valence-electron chi connectivity index (χ2n) is 3.99. The highest BCUT2D eigenvalue weighted by Gasteiger charge is 2.16. The maximum absolute atomic E-state index is 8.85. The summed E-state index contributed by atoms with van der Waals surface area (Å²) >= 11 is 0. The van der Waals surface area contributed by atoms with Crippen molar-refractivity contribution in [3.63, 3.8) is 0 Å². The molecule has 1 aromatic heterocycles. The van der Waals surface area contributed by atoms with Crippen molar-refractivity contribution in [1.82, 2.24) is 4.98 Å². The van der Waals surface area contributed by atoms with Crippen molar-refractivity contribution in [2.45, 2.75) is 25.8 Å². The minimum atomic E-state index is -0.149. The molecule has 0 fully saturated rings. The molecule has 4 heteroatoms. The summed E-state index contributed by atoms with van der Waals surface area (Å²) in [7, 11) is 0. The molecule has 0 bridgehead atoms. The normalized spacial score (nSPS) is 11.4. The molecule has 0 aromatic carbocycles. The average Bonchev–Trinajstić information content (AvgIpc) is 2.02. The zero-order chi connectivity index (χ0) is 10.6. The highest BCUT2D eigenvalue weighted by molar-refractivity contribution is 5.52. The lowest BCUT2D eigenvalue weighted by molar-refractivity contribution is 0.261. The second kappa shape index (κ2) is 4.28. The molecular formula is C10H17N3O. The number of nitrogens with one attached hydrogen (secondary N) is 1. The summed E-state index contributed by atoms with van der Waals surface area (Å²) in [5, 5.41) is 12.1. The van der Waals surface area contributed by atoms with Crippen LogP contribution in [0.4, 0.5) is 11.4 Å². The molecule has 4 nitrogen and oxygen atoms in total. The van der Waals surface area contributed by atoms with Crippen LogP contribution in [0, 0.1) is 0 Å². The topological polar surface area (TPSA) is 71.2 Å². The first-order chi connectivity index (χ1) is 6.53. The Morgan fingerprint density at radius 3 is 2.79 bits per heavy atom. The number of nitrogens with zero attached hydrogens (tertiary/aromatic N) is 1. The van der Waals surface area contributed by atoms with Gasteiger partial charge in [0.15, 0.2) is 0 Å². The van der Waals surface area contributed by atoms with Gasteiger partial charge in [-0.15, -0.1) is 0 Å². The molecule has 0 amide bonds. The van der Waals surface area contributed by atoms with Crippen molar-refractivity contribution in [1.29, 1.82) is 0 Å². The molecule has 14 heavy (non-hydrogen) atoms. The zero-order valence-corrected chi connectivity index (χ0v) is 8.62. The van der Waals surface area contributed by atoms with Crippen molar-refractivity contribution >= 4 is 11.4 Å². The lowest BCUT2D eigenvalue weighted by atomic mass is 10.0. The van der Waals surface area contributed by atoms with Crippen molar-refractivity contribution in [2.75, 3.05) is 17.7 Å². The Bertz CT molecular complexity index is 299. The predicted octanol–water partition coefficient (Wildman–Crippen LogP) is 1.24. The van der Waals surface area contributed by atoms with Gasteiger partial charge in [-0.3, -0.25) is 4.98 Å². The number of nitrogen functional groups attached to an aromatic ring is 1. The number of nitrogens with two attached hydrogens (primary N) is 1. The Balaban J connectivity index is 2.68. The minimum absolute atomic E-state index is 0.149. The second-order valence-corrected chi connectivity index (χ2v) is 3.99. The molecular weight excluding hydrogens is 178 g/mol. The van der Waals surface area contributed by atoms with Gasteiger partial charge in [-0.25, -0.2) is 0 Å². The van der Waals surface area contributed by atoms with Gasteiger partial charge >= 0.3 is 0 Å². The Labute approximate surface area is 84.2 Å². The van der Waals surface area contributed by atoms with Crippen LogP contribution in [0.2, 0.25) is 0 Å². The Morgan fingerprint density at radius 2 is 2.21 bits per heavy atom. The molecule has 4 N–H and O–H groups in total. The van der Waals surface area contributed by atoms with Crippen LogP contribution in [-0.4, -0.2) is 22.2 Å². The molecule has 78 valence electrons. The fourth-order valence-electron chi connectivity index (χ4n) is 1.26. The molecule has 0 aliphatic carbocycles. The van der Waals surface area contributed by atoms with E-state index in [1.165, 1.54) is 0 Å². The molecule has 0 saturated heterocycles. The van der Waals surface area contributed by atoms with Crippen LogP contribution >= 0.6 is 0 Å². The van der Waals surface area contributed by atoms with Crippen LogP contribution in [0.5, 0.6) is 0 Å². The van der Waals surface area contributed by atoms with Crippen molar-refractivity contribution in [2.24, 2.45) is 0 Å². The van der Waals surface area contributed by atoms with Crippen LogP contribution in [-0.2, 0) is 0 Å². The summed E-state index contributed by atoms with van der Waals surface area (Å²) in [6.07, 6.45) is 4.00. The number of aromatic nitrogens is 1. The molecule has 1 rings (SSSR count). The number of hydrogen-bond donors (Lipinski definition) is 3. The minimum Gasteiger partial charge on any atom is -0.397 e. The number of anilines is 2. The molecule has 0 radical (unpaired) electrons. The first-order valence-electron chi connectivity index (χ1n) is 4.63. The fourth-order valence-corrected chi connectivity index (χ4v) is 1.26. The van der Waals surface area contributed by atoms with Gasteiger partial charge in [-0.05, 0) is 26.3 Å². The Morgan fingerprint density at radius 1 is 1.50 bits per heavy atom. The van der Waals surface area contributed by atoms with E-state index in [1.54, 1.807) is 12.4 Å². The van der Waals surface area contributed by atoms with Crippen molar-refractivity contribution in [3.05, 3.63) is 18.5 Å². The number of pyridine rings is 1. The van der Waals surface area contributed by atoms with E-state index < -0.39 is 0 Å². The molecule has 0 aliphatic heterocycles. The summed E-state index contributed by atoms with van der Waals surface area (Å²) < 4.78 is 0. The number of aliphatic hydroxyl groups is 1. The van der Waals surface area contributed by atoms with E-state index in [1.807, 2.05) is 19.9 Å². The summed E-state index contributed by atoms with van der Waals surface area (Å²) in [5.74, 6) is 0. The zero-order valence-electron chi connectivity index (χ0n) is 8.62. The lowest BCUT2D eigenvalue weighted by Crippen LogP contribution is -2.31. The monoisotopic (exact) mass is 195 g/mol. The Hall–Kier alpha value is -1.29. The highest BCUT2D eigenvalue weighted by atomic mass is 16.3. The number of hydrogen-bond acceptors (Lipinski definition) is 4. The molecule has 0 spiro atoms. The van der Waals surface area contributed by atoms with Crippen LogP contribution < -0.4 is 11.1 Å². The van der Waals surface area contributed by atoms with Gasteiger partial charge in [-0.1, -0.05) is 0 Å². The van der Waals surface area contributed by atoms with Crippen LogP contribution in [0.1, 0.15) is 20.3 Å². The Kier molecular flexibility index (Phi) is 3.30. The third-order valence-corrected chi connectivity index (χ3v) is 1.98. The van der Waals surface area contributed by atoms with E-state index in [9.17, 15) is 0 Å². The summed E-state index contributed by atoms with van der Waals surface area (Å²) in [4.78, 5) is 3.98. The van der Waals surface area contributed by atoms with Gasteiger partial charge in [-0.2, -0.15) is 0 Å². The van der Waals surface area contributed by atoms with Crippen LogP contribution in [0.15, 0.2) is 18.5 Å². The predicted molar refractivity (Wildman–Crippen MR) is 58.1 cm³/mol. The van der Waals surface area contributed by atoms with Gasteiger partial charge in [0, 0.05) is 18.3 Å². The first kappa shape index (κ1) is 10.8. The molecule has 0 saturated carbocycles. The summed E-state index contributed by atoms with van der Waals surface area (Å²) in [5.41, 5.74) is 6.96. The van der Waals surface area contributed by atoms with Crippen LogP contribution in [0.3, 0.4) is 0 Å². The average molecular weight is 195 g/mol. The fraction of sp³-hybridized carbons (Fsp3) is 0.500. The smallest absolute Gasteiger partial charge is 0.0551 e. The van der Waals surface area contributed by atoms with E-state index in [-0.39, 0.29) is 12.1 Å². The largest absolute Gasteiger partial charge is 0.397 e. The van der Waals surface area contributed by atoms with Gasteiger partial charge in [0.05, 0.1) is 17.6 Å². The van der Waals surface area contributed by atoms with E-state index in [0.29, 0.717) is 12.1 Å². The SMILES string of the molecule is CC(C)(CCO)Nc1cncc(N)c1. The molecule has 1 aromatic rings. The standard InChI is InChI=1S/C10H17N3O/c1-10(2,3-4-14)13-9-5-8(11)6-12-7-9/h5-7,13-14H,3-4,11H2,1-2H3. The number of rotatable bonds is 4.